The van der Waals surface area contributed by atoms with Gasteiger partial charge in [-0.05, 0) is 31.2 Å². The predicted octanol–water partition coefficient (Wildman–Crippen LogP) is 2.99. The second-order valence-corrected chi connectivity index (χ2v) is 6.92. The summed E-state index contributed by atoms with van der Waals surface area (Å²) in [6, 6.07) is 10.9. The van der Waals surface area contributed by atoms with E-state index in [1.54, 1.807) is 40.4 Å². The fourth-order valence-corrected chi connectivity index (χ4v) is 3.31. The van der Waals surface area contributed by atoms with E-state index in [-0.39, 0.29) is 5.91 Å². The van der Waals surface area contributed by atoms with Crippen LogP contribution < -0.4 is 29.7 Å². The highest BCUT2D eigenvalue weighted by molar-refractivity contribution is 5.96. The Balaban J connectivity index is 1.63. The zero-order valence-corrected chi connectivity index (χ0v) is 17.9. The number of carbonyl (C=O) groups excluding carboxylic acids is 1. The van der Waals surface area contributed by atoms with Gasteiger partial charge in [0.15, 0.2) is 11.5 Å². The Kier molecular flexibility index (Phi) is 7.24. The predicted molar refractivity (Wildman–Crippen MR) is 117 cm³/mol. The van der Waals surface area contributed by atoms with Crippen molar-refractivity contribution in [3.05, 3.63) is 36.4 Å². The molecular weight excluding hydrogens is 386 g/mol. The molecule has 1 amide bonds. The van der Waals surface area contributed by atoms with Gasteiger partial charge in [0.05, 0.1) is 34.5 Å². The molecule has 1 atom stereocenters. The first-order valence-electron chi connectivity index (χ1n) is 9.86. The van der Waals surface area contributed by atoms with E-state index in [2.05, 4.69) is 15.5 Å². The summed E-state index contributed by atoms with van der Waals surface area (Å²) in [4.78, 5) is 14.9. The van der Waals surface area contributed by atoms with Crippen LogP contribution in [0.5, 0.6) is 17.2 Å². The summed E-state index contributed by atoms with van der Waals surface area (Å²) in [5.74, 6) is 1.39. The number of morpholine rings is 1. The highest BCUT2D eigenvalue weighted by atomic mass is 16.5. The van der Waals surface area contributed by atoms with Crippen LogP contribution in [-0.4, -0.2) is 59.6 Å². The lowest BCUT2D eigenvalue weighted by Gasteiger charge is -2.29. The van der Waals surface area contributed by atoms with Crippen molar-refractivity contribution in [1.82, 2.24) is 0 Å². The van der Waals surface area contributed by atoms with Gasteiger partial charge in [0, 0.05) is 42.3 Å². The van der Waals surface area contributed by atoms with Gasteiger partial charge in [-0.3, -0.25) is 4.79 Å². The number of amides is 1. The first kappa shape index (κ1) is 21.6. The van der Waals surface area contributed by atoms with Crippen LogP contribution in [0.1, 0.15) is 6.92 Å². The highest BCUT2D eigenvalue weighted by Gasteiger charge is 2.18. The zero-order valence-electron chi connectivity index (χ0n) is 17.9. The SMILES string of the molecule is COc1cc(NC(C)C(=O)Nc2ccc(N3CCOCC3)cc2)cc(OC)c1OC. The Labute approximate surface area is 177 Å². The van der Waals surface area contributed by atoms with Crippen LogP contribution in [0.3, 0.4) is 0 Å². The van der Waals surface area contributed by atoms with E-state index >= 15 is 0 Å². The minimum atomic E-state index is -0.480. The standard InChI is InChI=1S/C22H29N3O5/c1-15(23-17-13-19(27-2)21(29-4)20(14-17)28-3)22(26)24-16-5-7-18(8-6-16)25-9-11-30-12-10-25/h5-8,13-15,23H,9-12H2,1-4H3,(H,24,26). The van der Waals surface area contributed by atoms with Crippen molar-refractivity contribution in [2.45, 2.75) is 13.0 Å². The zero-order chi connectivity index (χ0) is 21.5. The van der Waals surface area contributed by atoms with E-state index < -0.39 is 6.04 Å². The maximum Gasteiger partial charge on any atom is 0.246 e. The van der Waals surface area contributed by atoms with Gasteiger partial charge in [-0.2, -0.15) is 0 Å². The Morgan fingerprint density at radius 2 is 1.57 bits per heavy atom. The molecule has 1 aliphatic heterocycles. The fourth-order valence-electron chi connectivity index (χ4n) is 3.31. The monoisotopic (exact) mass is 415 g/mol. The summed E-state index contributed by atoms with van der Waals surface area (Å²) in [5.41, 5.74) is 2.56. The average molecular weight is 415 g/mol. The van der Waals surface area contributed by atoms with Crippen molar-refractivity contribution in [2.24, 2.45) is 0 Å². The Hall–Kier alpha value is -3.13. The van der Waals surface area contributed by atoms with E-state index in [0.717, 1.165) is 37.7 Å². The van der Waals surface area contributed by atoms with Crippen molar-refractivity contribution in [2.75, 3.05) is 63.2 Å². The molecule has 0 aliphatic carbocycles. The minimum absolute atomic E-state index is 0.150. The topological polar surface area (TPSA) is 81.3 Å². The van der Waals surface area contributed by atoms with E-state index in [1.807, 2.05) is 24.3 Å². The van der Waals surface area contributed by atoms with Gasteiger partial charge < -0.3 is 34.5 Å². The van der Waals surface area contributed by atoms with Gasteiger partial charge in [0.2, 0.25) is 11.7 Å². The van der Waals surface area contributed by atoms with Crippen LogP contribution in [0.4, 0.5) is 17.1 Å². The number of methoxy groups -OCH3 is 3. The summed E-state index contributed by atoms with van der Waals surface area (Å²) in [5, 5.41) is 6.12. The molecule has 2 aromatic rings. The molecule has 8 nitrogen and oxygen atoms in total. The van der Waals surface area contributed by atoms with Crippen LogP contribution in [-0.2, 0) is 9.53 Å². The van der Waals surface area contributed by atoms with Crippen molar-refractivity contribution in [3.8, 4) is 17.2 Å². The van der Waals surface area contributed by atoms with Crippen LogP contribution in [0.15, 0.2) is 36.4 Å². The second kappa shape index (κ2) is 10.1. The smallest absolute Gasteiger partial charge is 0.246 e. The first-order valence-corrected chi connectivity index (χ1v) is 9.86. The minimum Gasteiger partial charge on any atom is -0.493 e. The van der Waals surface area contributed by atoms with E-state index in [1.165, 1.54) is 0 Å². The van der Waals surface area contributed by atoms with E-state index in [0.29, 0.717) is 22.9 Å². The molecule has 0 saturated carbocycles. The Morgan fingerprint density at radius 3 is 2.10 bits per heavy atom. The molecule has 0 spiro atoms. The van der Waals surface area contributed by atoms with E-state index in [4.69, 9.17) is 18.9 Å². The number of rotatable bonds is 8. The van der Waals surface area contributed by atoms with Gasteiger partial charge in [-0.15, -0.1) is 0 Å². The van der Waals surface area contributed by atoms with Crippen LogP contribution in [0, 0.1) is 0 Å². The lowest BCUT2D eigenvalue weighted by molar-refractivity contribution is -0.116. The van der Waals surface area contributed by atoms with Gasteiger partial charge in [-0.25, -0.2) is 0 Å². The lowest BCUT2D eigenvalue weighted by atomic mass is 10.2. The summed E-state index contributed by atoms with van der Waals surface area (Å²) in [6.45, 7) is 5.02. The third-order valence-electron chi connectivity index (χ3n) is 4.95. The number of anilines is 3. The molecule has 0 bridgehead atoms. The maximum absolute atomic E-state index is 12.6. The molecule has 8 heteroatoms. The summed E-state index contributed by atoms with van der Waals surface area (Å²) < 4.78 is 21.4. The van der Waals surface area contributed by atoms with Gasteiger partial charge in [-0.1, -0.05) is 0 Å². The Bertz CT molecular complexity index is 825. The molecule has 2 N–H and O–H groups in total. The fraction of sp³-hybridized carbons (Fsp3) is 0.409. The number of carbonyl (C=O) groups is 1. The van der Waals surface area contributed by atoms with E-state index in [9.17, 15) is 4.79 Å². The van der Waals surface area contributed by atoms with Crippen molar-refractivity contribution >= 4 is 23.0 Å². The Morgan fingerprint density at radius 1 is 0.967 bits per heavy atom. The summed E-state index contributed by atoms with van der Waals surface area (Å²) >= 11 is 0. The lowest BCUT2D eigenvalue weighted by Crippen LogP contribution is -2.36. The van der Waals surface area contributed by atoms with Crippen LogP contribution >= 0.6 is 0 Å². The van der Waals surface area contributed by atoms with Crippen molar-refractivity contribution < 1.29 is 23.7 Å². The van der Waals surface area contributed by atoms with Crippen LogP contribution in [0.2, 0.25) is 0 Å². The van der Waals surface area contributed by atoms with Crippen molar-refractivity contribution in [1.29, 1.82) is 0 Å². The van der Waals surface area contributed by atoms with Crippen molar-refractivity contribution in [3.63, 3.8) is 0 Å². The highest BCUT2D eigenvalue weighted by Crippen LogP contribution is 2.40. The summed E-state index contributed by atoms with van der Waals surface area (Å²) in [6.07, 6.45) is 0. The molecule has 1 saturated heterocycles. The number of ether oxygens (including phenoxy) is 4. The molecule has 30 heavy (non-hydrogen) atoms. The summed E-state index contributed by atoms with van der Waals surface area (Å²) in [7, 11) is 4.66. The molecule has 1 fully saturated rings. The third kappa shape index (κ3) is 5.07. The molecule has 2 aromatic carbocycles. The molecule has 1 unspecified atom stereocenters. The quantitative estimate of drug-likeness (QED) is 0.686. The molecule has 0 aromatic heterocycles. The number of hydrogen-bond acceptors (Lipinski definition) is 7. The molecule has 1 aliphatic rings. The molecule has 3 rings (SSSR count). The molecule has 0 radical (unpaired) electrons. The average Bonchev–Trinajstić information content (AvgIpc) is 2.79. The first-order chi connectivity index (χ1) is 14.5. The molecule has 162 valence electrons. The maximum atomic E-state index is 12.6. The molecule has 1 heterocycles. The van der Waals surface area contributed by atoms with Gasteiger partial charge in [0.25, 0.3) is 0 Å². The number of benzene rings is 2. The largest absolute Gasteiger partial charge is 0.493 e. The number of nitrogens with zero attached hydrogens (tertiary/aromatic N) is 1. The normalized spacial score (nSPS) is 14.6. The second-order valence-electron chi connectivity index (χ2n) is 6.92. The molecular formula is C22H29N3O5. The van der Waals surface area contributed by atoms with Crippen LogP contribution in [0.25, 0.3) is 0 Å². The van der Waals surface area contributed by atoms with Gasteiger partial charge in [0.1, 0.15) is 6.04 Å². The number of nitrogens with one attached hydrogen (secondary N) is 2. The third-order valence-corrected chi connectivity index (χ3v) is 4.95. The van der Waals surface area contributed by atoms with Gasteiger partial charge >= 0.3 is 0 Å². The number of hydrogen-bond donors (Lipinski definition) is 2.